The molecule has 19 heavy (non-hydrogen) atoms. The van der Waals surface area contributed by atoms with Gasteiger partial charge in [0.1, 0.15) is 0 Å². The maximum absolute atomic E-state index is 3.98. The fourth-order valence-electron chi connectivity index (χ4n) is 2.22. The number of hydrogen-bond acceptors (Lipinski definition) is 1. The largest absolute Gasteiger partial charge is 0.378 e. The lowest BCUT2D eigenvalue weighted by Gasteiger charge is -2.17. The standard InChI is InChI=1S/C18H21N/c1-5-18(15-8-6-14(2)7-9-15)16-10-12-17(13-11-16)19(3)4/h5-13,18H,1H2,2-4H3/t18-/m1/s1. The minimum Gasteiger partial charge on any atom is -0.378 e. The van der Waals surface area contributed by atoms with E-state index in [-0.39, 0.29) is 5.92 Å². The van der Waals surface area contributed by atoms with Gasteiger partial charge in [0.2, 0.25) is 0 Å². The number of nitrogens with zero attached hydrogens (tertiary/aromatic N) is 1. The summed E-state index contributed by atoms with van der Waals surface area (Å²) in [5.74, 6) is 0.261. The van der Waals surface area contributed by atoms with Crippen molar-refractivity contribution in [2.24, 2.45) is 0 Å². The van der Waals surface area contributed by atoms with Crippen molar-refractivity contribution >= 4 is 5.69 Å². The zero-order chi connectivity index (χ0) is 13.8. The second-order valence-electron chi connectivity index (χ2n) is 5.11. The summed E-state index contributed by atoms with van der Waals surface area (Å²) in [6, 6.07) is 17.3. The lowest BCUT2D eigenvalue weighted by atomic mass is 9.91. The van der Waals surface area contributed by atoms with Gasteiger partial charge in [0.15, 0.2) is 0 Å². The van der Waals surface area contributed by atoms with Gasteiger partial charge in [-0.2, -0.15) is 0 Å². The lowest BCUT2D eigenvalue weighted by Crippen LogP contribution is -2.08. The molecule has 0 spiro atoms. The lowest BCUT2D eigenvalue weighted by molar-refractivity contribution is 1.02. The topological polar surface area (TPSA) is 3.24 Å². The highest BCUT2D eigenvalue weighted by atomic mass is 15.1. The van der Waals surface area contributed by atoms with Crippen LogP contribution in [-0.2, 0) is 0 Å². The smallest absolute Gasteiger partial charge is 0.0361 e. The summed E-state index contributed by atoms with van der Waals surface area (Å²) >= 11 is 0. The van der Waals surface area contributed by atoms with E-state index in [2.05, 4.69) is 81.0 Å². The van der Waals surface area contributed by atoms with Crippen LogP contribution in [0.2, 0.25) is 0 Å². The second-order valence-corrected chi connectivity index (χ2v) is 5.11. The van der Waals surface area contributed by atoms with Gasteiger partial charge in [-0.25, -0.2) is 0 Å². The third-order valence-electron chi connectivity index (χ3n) is 3.44. The first-order valence-electron chi connectivity index (χ1n) is 6.58. The minimum atomic E-state index is 0.261. The molecule has 0 aliphatic carbocycles. The van der Waals surface area contributed by atoms with Gasteiger partial charge in [-0.3, -0.25) is 0 Å². The van der Waals surface area contributed by atoms with Crippen molar-refractivity contribution in [2.45, 2.75) is 12.8 Å². The Morgan fingerprint density at radius 2 is 1.37 bits per heavy atom. The average molecular weight is 251 g/mol. The molecule has 0 amide bonds. The molecule has 98 valence electrons. The van der Waals surface area contributed by atoms with E-state index in [0.717, 1.165) is 0 Å². The Morgan fingerprint density at radius 1 is 0.895 bits per heavy atom. The fourth-order valence-corrected chi connectivity index (χ4v) is 2.22. The molecule has 1 heteroatoms. The highest BCUT2D eigenvalue weighted by Crippen LogP contribution is 2.27. The summed E-state index contributed by atoms with van der Waals surface area (Å²) in [5, 5.41) is 0. The number of hydrogen-bond donors (Lipinski definition) is 0. The van der Waals surface area contributed by atoms with Gasteiger partial charge in [-0.05, 0) is 30.2 Å². The second kappa shape index (κ2) is 5.75. The van der Waals surface area contributed by atoms with Gasteiger partial charge >= 0.3 is 0 Å². The summed E-state index contributed by atoms with van der Waals surface area (Å²) in [5.41, 5.74) is 5.08. The molecule has 0 aliphatic heterocycles. The van der Waals surface area contributed by atoms with Gasteiger partial charge in [0.25, 0.3) is 0 Å². The maximum Gasteiger partial charge on any atom is 0.0361 e. The first-order valence-corrected chi connectivity index (χ1v) is 6.58. The van der Waals surface area contributed by atoms with Gasteiger partial charge in [-0.15, -0.1) is 6.58 Å². The van der Waals surface area contributed by atoms with Crippen molar-refractivity contribution in [3.63, 3.8) is 0 Å². The van der Waals surface area contributed by atoms with Crippen molar-refractivity contribution < 1.29 is 0 Å². The van der Waals surface area contributed by atoms with Crippen LogP contribution in [0, 0.1) is 6.92 Å². The highest BCUT2D eigenvalue weighted by molar-refractivity contribution is 5.48. The first kappa shape index (κ1) is 13.4. The van der Waals surface area contributed by atoms with E-state index in [1.165, 1.54) is 22.4 Å². The van der Waals surface area contributed by atoms with Crippen molar-refractivity contribution in [2.75, 3.05) is 19.0 Å². The molecule has 2 aromatic carbocycles. The zero-order valence-corrected chi connectivity index (χ0v) is 11.9. The van der Waals surface area contributed by atoms with E-state index in [9.17, 15) is 0 Å². The van der Waals surface area contributed by atoms with Crippen LogP contribution in [0.1, 0.15) is 22.6 Å². The van der Waals surface area contributed by atoms with Crippen molar-refractivity contribution in [1.29, 1.82) is 0 Å². The van der Waals surface area contributed by atoms with Gasteiger partial charge in [-0.1, -0.05) is 48.0 Å². The van der Waals surface area contributed by atoms with Crippen LogP contribution in [0.5, 0.6) is 0 Å². The summed E-state index contributed by atoms with van der Waals surface area (Å²) in [7, 11) is 4.11. The van der Waals surface area contributed by atoms with Crippen LogP contribution in [0.3, 0.4) is 0 Å². The molecule has 0 N–H and O–H groups in total. The molecule has 1 nitrogen and oxygen atoms in total. The van der Waals surface area contributed by atoms with E-state index in [0.29, 0.717) is 0 Å². The van der Waals surface area contributed by atoms with Crippen molar-refractivity contribution in [1.82, 2.24) is 0 Å². The molecular weight excluding hydrogens is 230 g/mol. The maximum atomic E-state index is 3.98. The van der Waals surface area contributed by atoms with E-state index >= 15 is 0 Å². The molecule has 0 radical (unpaired) electrons. The molecule has 2 aromatic rings. The normalized spacial score (nSPS) is 11.9. The molecule has 2 rings (SSSR count). The Hall–Kier alpha value is -2.02. The predicted octanol–water partition coefficient (Wildman–Crippen LogP) is 4.38. The zero-order valence-electron chi connectivity index (χ0n) is 11.9. The molecule has 0 fully saturated rings. The van der Waals surface area contributed by atoms with Crippen LogP contribution in [0.15, 0.2) is 61.2 Å². The Bertz CT molecular complexity index is 535. The summed E-state index contributed by atoms with van der Waals surface area (Å²) in [6.45, 7) is 6.09. The molecule has 0 aromatic heterocycles. The van der Waals surface area contributed by atoms with Crippen LogP contribution in [-0.4, -0.2) is 14.1 Å². The SMILES string of the molecule is C=C[C@H](c1ccc(C)cc1)c1ccc(N(C)C)cc1. The van der Waals surface area contributed by atoms with Gasteiger partial charge < -0.3 is 4.90 Å². The van der Waals surface area contributed by atoms with Crippen molar-refractivity contribution in [3.05, 3.63) is 77.9 Å². The van der Waals surface area contributed by atoms with E-state index in [1.54, 1.807) is 0 Å². The Labute approximate surface area is 116 Å². The molecule has 0 saturated carbocycles. The third-order valence-corrected chi connectivity index (χ3v) is 3.44. The molecule has 0 unspecified atom stereocenters. The van der Waals surface area contributed by atoms with Gasteiger partial charge in [0.05, 0.1) is 0 Å². The molecule has 0 aliphatic rings. The first-order chi connectivity index (χ1) is 9.11. The highest BCUT2D eigenvalue weighted by Gasteiger charge is 2.10. The molecule has 0 heterocycles. The fraction of sp³-hybridized carbons (Fsp3) is 0.222. The summed E-state index contributed by atoms with van der Waals surface area (Å²) in [4.78, 5) is 2.11. The summed E-state index contributed by atoms with van der Waals surface area (Å²) < 4.78 is 0. The molecule has 0 bridgehead atoms. The number of benzene rings is 2. The Kier molecular flexibility index (Phi) is 4.06. The van der Waals surface area contributed by atoms with E-state index in [4.69, 9.17) is 0 Å². The van der Waals surface area contributed by atoms with Gasteiger partial charge in [0, 0.05) is 25.7 Å². The van der Waals surface area contributed by atoms with Crippen LogP contribution in [0.4, 0.5) is 5.69 Å². The monoisotopic (exact) mass is 251 g/mol. The number of anilines is 1. The van der Waals surface area contributed by atoms with Crippen molar-refractivity contribution in [3.8, 4) is 0 Å². The number of allylic oxidation sites excluding steroid dienone is 1. The Balaban J connectivity index is 2.31. The third kappa shape index (κ3) is 3.05. The molecule has 1 atom stereocenters. The number of aryl methyl sites for hydroxylation is 1. The quantitative estimate of drug-likeness (QED) is 0.729. The van der Waals surface area contributed by atoms with Crippen LogP contribution >= 0.6 is 0 Å². The van der Waals surface area contributed by atoms with E-state index < -0.39 is 0 Å². The predicted molar refractivity (Wildman–Crippen MR) is 84.0 cm³/mol. The molecular formula is C18H21N. The summed E-state index contributed by atoms with van der Waals surface area (Å²) in [6.07, 6.45) is 2.01. The molecule has 0 saturated heterocycles. The van der Waals surface area contributed by atoms with Crippen LogP contribution < -0.4 is 4.90 Å². The number of rotatable bonds is 4. The van der Waals surface area contributed by atoms with Crippen LogP contribution in [0.25, 0.3) is 0 Å². The Morgan fingerprint density at radius 3 is 1.79 bits per heavy atom. The minimum absolute atomic E-state index is 0.261. The average Bonchev–Trinajstić information content (AvgIpc) is 2.42. The van der Waals surface area contributed by atoms with E-state index in [1.807, 2.05) is 6.08 Å².